The third kappa shape index (κ3) is 2.98. The molecule has 0 aromatic heterocycles. The zero-order valence-corrected chi connectivity index (χ0v) is 18.5. The summed E-state index contributed by atoms with van der Waals surface area (Å²) in [6.45, 7) is 10.5. The minimum atomic E-state index is -0.275. The summed E-state index contributed by atoms with van der Waals surface area (Å²) in [6.07, 6.45) is 18.3. The largest absolute Gasteiger partial charge is 0.347 e. The number of fused-ring (bicyclic) bond motifs is 6. The monoisotopic (exact) mass is 388 g/mol. The number of hydrogen-bond acceptors (Lipinski definition) is 3. The van der Waals surface area contributed by atoms with E-state index in [9.17, 15) is 4.79 Å². The normalized spacial score (nSPS) is 45.6. The Morgan fingerprint density at radius 3 is 2.21 bits per heavy atom. The summed E-state index contributed by atoms with van der Waals surface area (Å²) in [6, 6.07) is 0. The lowest BCUT2D eigenvalue weighted by atomic mass is 9.45. The Bertz CT molecular complexity index is 590. The fourth-order valence-electron chi connectivity index (χ4n) is 7.93. The first-order valence-electron chi connectivity index (χ1n) is 11.6. The van der Waals surface area contributed by atoms with Gasteiger partial charge in [0.1, 0.15) is 5.78 Å². The van der Waals surface area contributed by atoms with Crippen LogP contribution in [0, 0.1) is 47.3 Å². The van der Waals surface area contributed by atoms with Gasteiger partial charge in [0, 0.05) is 24.7 Å². The lowest BCUT2D eigenvalue weighted by Gasteiger charge is -2.60. The Hall–Kier alpha value is -0.850. The first-order chi connectivity index (χ1) is 13.5. The van der Waals surface area contributed by atoms with E-state index in [1.807, 2.05) is 13.8 Å². The Balaban J connectivity index is 0.000000531. The Labute approximate surface area is 172 Å². The number of carbonyl (C=O) groups is 1. The molecule has 1 spiro atoms. The third-order valence-electron chi connectivity index (χ3n) is 9.28. The van der Waals surface area contributed by atoms with Crippen molar-refractivity contribution in [3.63, 3.8) is 0 Å². The van der Waals surface area contributed by atoms with Gasteiger partial charge in [-0.3, -0.25) is 4.79 Å². The molecule has 0 aromatic rings. The summed E-state index contributed by atoms with van der Waals surface area (Å²) in [7, 11) is 0. The van der Waals surface area contributed by atoms with Gasteiger partial charge in [-0.2, -0.15) is 0 Å². The van der Waals surface area contributed by atoms with Crippen molar-refractivity contribution in [2.45, 2.75) is 91.3 Å². The summed E-state index contributed by atoms with van der Waals surface area (Å²) < 4.78 is 12.5. The maximum Gasteiger partial charge on any atom is 0.174 e. The molecule has 1 aliphatic heterocycles. The van der Waals surface area contributed by atoms with Crippen LogP contribution in [0.1, 0.15) is 85.5 Å². The molecule has 3 nitrogen and oxygen atoms in total. The number of carbonyl (C=O) groups excluding carboxylic acids is 1. The molecule has 0 N–H and O–H groups in total. The fourth-order valence-corrected chi connectivity index (χ4v) is 7.93. The van der Waals surface area contributed by atoms with Crippen LogP contribution in [-0.4, -0.2) is 24.8 Å². The highest BCUT2D eigenvalue weighted by atomic mass is 16.7. The lowest BCUT2D eigenvalue weighted by molar-refractivity contribution is -0.246. The standard InChI is InChI=1S/C21H32O3.C2H6.C2H2/c1-19-8-5-15(22)13-14(19)3-4-16-17(19)6-9-20(2)18(16)7-10-21(20)23-11-12-24-21;2*1-2/h14,16-18H,3-13H2,1-2H3;1-2H3;1-2H/t14?,16?,17?,18?,19-,20-;;/m0../s1. The smallest absolute Gasteiger partial charge is 0.174 e. The van der Waals surface area contributed by atoms with Gasteiger partial charge in [-0.1, -0.05) is 27.7 Å². The van der Waals surface area contributed by atoms with Crippen LogP contribution >= 0.6 is 0 Å². The minimum absolute atomic E-state index is 0.207. The second kappa shape index (κ2) is 8.11. The van der Waals surface area contributed by atoms with Crippen molar-refractivity contribution < 1.29 is 14.3 Å². The molecule has 5 aliphatic rings. The van der Waals surface area contributed by atoms with E-state index in [1.54, 1.807) is 0 Å². The topological polar surface area (TPSA) is 35.5 Å². The van der Waals surface area contributed by atoms with Crippen LogP contribution in [-0.2, 0) is 14.3 Å². The van der Waals surface area contributed by atoms with Crippen LogP contribution < -0.4 is 0 Å². The van der Waals surface area contributed by atoms with Crippen LogP contribution in [0.5, 0.6) is 0 Å². The molecule has 4 aliphatic carbocycles. The molecule has 6 atom stereocenters. The number of ketones is 1. The van der Waals surface area contributed by atoms with E-state index in [2.05, 4.69) is 26.7 Å². The highest BCUT2D eigenvalue weighted by Crippen LogP contribution is 2.69. The van der Waals surface area contributed by atoms with Gasteiger partial charge in [-0.15, -0.1) is 12.8 Å². The van der Waals surface area contributed by atoms with Gasteiger partial charge in [0.05, 0.1) is 13.2 Å². The predicted octanol–water partition coefficient (Wildman–Crippen LogP) is 5.62. The quantitative estimate of drug-likeness (QED) is 0.505. The third-order valence-corrected chi connectivity index (χ3v) is 9.28. The Kier molecular flexibility index (Phi) is 6.33. The molecule has 5 rings (SSSR count). The molecule has 28 heavy (non-hydrogen) atoms. The van der Waals surface area contributed by atoms with Crippen molar-refractivity contribution in [1.82, 2.24) is 0 Å². The Morgan fingerprint density at radius 1 is 0.893 bits per heavy atom. The van der Waals surface area contributed by atoms with E-state index in [0.29, 0.717) is 17.1 Å². The maximum atomic E-state index is 12.0. The van der Waals surface area contributed by atoms with Crippen LogP contribution in [0.25, 0.3) is 0 Å². The zero-order chi connectivity index (χ0) is 20.6. The van der Waals surface area contributed by atoms with Gasteiger partial charge < -0.3 is 9.47 Å². The van der Waals surface area contributed by atoms with Gasteiger partial charge in [0.25, 0.3) is 0 Å². The van der Waals surface area contributed by atoms with Crippen molar-refractivity contribution in [2.24, 2.45) is 34.5 Å². The molecular formula is C25H40O3. The van der Waals surface area contributed by atoms with E-state index in [4.69, 9.17) is 9.47 Å². The molecule has 4 unspecified atom stereocenters. The van der Waals surface area contributed by atoms with Crippen LogP contribution in [0.4, 0.5) is 0 Å². The molecule has 4 saturated carbocycles. The minimum Gasteiger partial charge on any atom is -0.347 e. The van der Waals surface area contributed by atoms with Crippen molar-refractivity contribution in [1.29, 1.82) is 0 Å². The molecular weight excluding hydrogens is 348 g/mol. The zero-order valence-electron chi connectivity index (χ0n) is 18.5. The van der Waals surface area contributed by atoms with Gasteiger partial charge in [-0.25, -0.2) is 0 Å². The van der Waals surface area contributed by atoms with E-state index < -0.39 is 0 Å². The molecule has 1 saturated heterocycles. The average molecular weight is 389 g/mol. The predicted molar refractivity (Wildman–Crippen MR) is 113 cm³/mol. The molecule has 0 amide bonds. The lowest BCUT2D eigenvalue weighted by Crippen LogP contribution is -2.56. The van der Waals surface area contributed by atoms with E-state index in [-0.39, 0.29) is 11.2 Å². The number of Topliss-reactive ketones (excluding diaryl/α,β-unsaturated/α-hetero) is 1. The molecule has 0 radical (unpaired) electrons. The maximum absolute atomic E-state index is 12.0. The van der Waals surface area contributed by atoms with Crippen molar-refractivity contribution in [3.05, 3.63) is 0 Å². The number of terminal acetylenes is 1. The summed E-state index contributed by atoms with van der Waals surface area (Å²) in [5, 5.41) is 0. The molecule has 1 heterocycles. The highest BCUT2D eigenvalue weighted by Gasteiger charge is 2.67. The van der Waals surface area contributed by atoms with Crippen LogP contribution in [0.2, 0.25) is 0 Å². The first kappa shape index (κ1) is 21.8. The SMILES string of the molecule is C#C.CC.C[C@]12CCC(=O)CC1CCC1C2CC[C@@]2(C)C1CCC21OCCO1. The Morgan fingerprint density at radius 2 is 1.54 bits per heavy atom. The molecule has 0 bridgehead atoms. The fraction of sp³-hybridized carbons (Fsp3) is 0.880. The summed E-state index contributed by atoms with van der Waals surface area (Å²) in [5.41, 5.74) is 0.615. The van der Waals surface area contributed by atoms with E-state index in [1.165, 1.54) is 32.1 Å². The molecule has 5 fully saturated rings. The molecule has 0 aromatic carbocycles. The summed E-state index contributed by atoms with van der Waals surface area (Å²) in [4.78, 5) is 12.0. The summed E-state index contributed by atoms with van der Waals surface area (Å²) in [5.74, 6) is 3.29. The van der Waals surface area contributed by atoms with Gasteiger partial charge in [-0.05, 0) is 67.6 Å². The van der Waals surface area contributed by atoms with Crippen molar-refractivity contribution in [3.8, 4) is 12.8 Å². The first-order valence-corrected chi connectivity index (χ1v) is 11.6. The second-order valence-electron chi connectivity index (χ2n) is 9.84. The van der Waals surface area contributed by atoms with E-state index >= 15 is 0 Å². The molecule has 3 heteroatoms. The summed E-state index contributed by atoms with van der Waals surface area (Å²) >= 11 is 0. The number of hydrogen-bond donors (Lipinski definition) is 0. The van der Waals surface area contributed by atoms with Gasteiger partial charge in [0.15, 0.2) is 5.79 Å². The van der Waals surface area contributed by atoms with E-state index in [0.717, 1.165) is 56.7 Å². The molecule has 158 valence electrons. The van der Waals surface area contributed by atoms with Crippen LogP contribution in [0.3, 0.4) is 0 Å². The van der Waals surface area contributed by atoms with Gasteiger partial charge in [0.2, 0.25) is 0 Å². The second-order valence-corrected chi connectivity index (χ2v) is 9.84. The highest BCUT2D eigenvalue weighted by molar-refractivity contribution is 5.79. The number of rotatable bonds is 0. The van der Waals surface area contributed by atoms with Crippen LogP contribution in [0.15, 0.2) is 0 Å². The van der Waals surface area contributed by atoms with Gasteiger partial charge >= 0.3 is 0 Å². The average Bonchev–Trinajstić information content (AvgIpc) is 3.32. The number of ether oxygens (including phenoxy) is 2. The van der Waals surface area contributed by atoms with Crippen molar-refractivity contribution >= 4 is 5.78 Å². The van der Waals surface area contributed by atoms with Crippen molar-refractivity contribution in [2.75, 3.05) is 13.2 Å².